The zero-order valence-corrected chi connectivity index (χ0v) is 10.6. The number of halogens is 1. The third kappa shape index (κ3) is 3.30. The maximum absolute atomic E-state index is 12.8. The molecule has 98 valence electrons. The van der Waals surface area contributed by atoms with Crippen LogP contribution in [0.1, 0.15) is 5.56 Å². The molecule has 0 heterocycles. The van der Waals surface area contributed by atoms with E-state index in [2.05, 4.69) is 0 Å². The number of benzene rings is 2. The Hall–Kier alpha value is -1.92. The molecular formula is C13H10FNO3S. The van der Waals surface area contributed by atoms with Gasteiger partial charge in [-0.25, -0.2) is 4.39 Å². The first-order valence-corrected chi connectivity index (χ1v) is 6.23. The van der Waals surface area contributed by atoms with Crippen molar-refractivity contribution < 1.29 is 14.4 Å². The van der Waals surface area contributed by atoms with Crippen molar-refractivity contribution in [2.45, 2.75) is 16.4 Å². The van der Waals surface area contributed by atoms with Gasteiger partial charge in [0.05, 0.1) is 11.5 Å². The van der Waals surface area contributed by atoms with E-state index < -0.39 is 4.92 Å². The molecule has 1 N–H and O–H groups in total. The number of nitro groups is 1. The molecule has 0 aliphatic carbocycles. The summed E-state index contributed by atoms with van der Waals surface area (Å²) in [5, 5.41) is 19.9. The highest BCUT2D eigenvalue weighted by molar-refractivity contribution is 7.99. The zero-order valence-electron chi connectivity index (χ0n) is 9.75. The highest BCUT2D eigenvalue weighted by atomic mass is 32.2. The molecule has 0 aliphatic heterocycles. The van der Waals surface area contributed by atoms with Crippen LogP contribution in [0.25, 0.3) is 0 Å². The number of nitrogens with zero attached hydrogens (tertiary/aromatic N) is 1. The molecule has 0 saturated carbocycles. The van der Waals surface area contributed by atoms with Crippen LogP contribution in [0, 0.1) is 15.9 Å². The number of hydrogen-bond acceptors (Lipinski definition) is 4. The first-order chi connectivity index (χ1) is 9.10. The molecule has 4 nitrogen and oxygen atoms in total. The van der Waals surface area contributed by atoms with Gasteiger partial charge in [0, 0.05) is 21.9 Å². The van der Waals surface area contributed by atoms with Crippen LogP contribution in [0.2, 0.25) is 0 Å². The molecule has 0 amide bonds. The van der Waals surface area contributed by atoms with Crippen molar-refractivity contribution in [2.75, 3.05) is 0 Å². The average molecular weight is 279 g/mol. The molecule has 0 bridgehead atoms. The van der Waals surface area contributed by atoms with E-state index in [1.807, 2.05) is 0 Å². The summed E-state index contributed by atoms with van der Waals surface area (Å²) >= 11 is 1.32. The molecule has 0 radical (unpaired) electrons. The Morgan fingerprint density at radius 3 is 2.47 bits per heavy atom. The molecule has 6 heteroatoms. The van der Waals surface area contributed by atoms with Crippen LogP contribution in [0.5, 0.6) is 0 Å². The number of rotatable bonds is 4. The third-order valence-electron chi connectivity index (χ3n) is 2.47. The van der Waals surface area contributed by atoms with Gasteiger partial charge in [-0.15, -0.1) is 0 Å². The van der Waals surface area contributed by atoms with E-state index in [-0.39, 0.29) is 18.1 Å². The second kappa shape index (κ2) is 5.81. The summed E-state index contributed by atoms with van der Waals surface area (Å²) in [5.74, 6) is -0.324. The Morgan fingerprint density at radius 2 is 1.89 bits per heavy atom. The molecule has 0 fully saturated rings. The molecule has 2 rings (SSSR count). The Bertz CT molecular complexity index is 601. The second-order valence-electron chi connectivity index (χ2n) is 3.76. The molecule has 19 heavy (non-hydrogen) atoms. The van der Waals surface area contributed by atoms with Crippen LogP contribution in [0.15, 0.2) is 52.3 Å². The van der Waals surface area contributed by atoms with Gasteiger partial charge in [-0.2, -0.15) is 0 Å². The van der Waals surface area contributed by atoms with Crippen LogP contribution in [0.3, 0.4) is 0 Å². The van der Waals surface area contributed by atoms with E-state index in [9.17, 15) is 19.6 Å². The first kappa shape index (κ1) is 13.5. The summed E-state index contributed by atoms with van der Waals surface area (Å²) in [6.07, 6.45) is 0. The van der Waals surface area contributed by atoms with Gasteiger partial charge < -0.3 is 5.11 Å². The number of nitro benzene ring substituents is 1. The summed E-state index contributed by atoms with van der Waals surface area (Å²) in [5.41, 5.74) is 0.413. The average Bonchev–Trinajstić information content (AvgIpc) is 2.41. The Balaban J connectivity index is 2.29. The lowest BCUT2D eigenvalue weighted by Gasteiger charge is -2.06. The number of aliphatic hydroxyl groups excluding tert-OH is 1. The van der Waals surface area contributed by atoms with Crippen molar-refractivity contribution in [2.24, 2.45) is 0 Å². The highest BCUT2D eigenvalue weighted by Crippen LogP contribution is 2.32. The molecule has 0 aliphatic rings. The van der Waals surface area contributed by atoms with Crippen LogP contribution < -0.4 is 0 Å². The monoisotopic (exact) mass is 279 g/mol. The lowest BCUT2D eigenvalue weighted by atomic mass is 10.2. The van der Waals surface area contributed by atoms with Crippen molar-refractivity contribution in [3.05, 3.63) is 64.0 Å². The molecule has 0 atom stereocenters. The van der Waals surface area contributed by atoms with Gasteiger partial charge in [0.15, 0.2) is 0 Å². The van der Waals surface area contributed by atoms with Crippen molar-refractivity contribution in [3.8, 4) is 0 Å². The van der Waals surface area contributed by atoms with Crippen molar-refractivity contribution in [1.29, 1.82) is 0 Å². The predicted octanol–water partition coefficient (Wildman–Crippen LogP) is 3.38. The third-order valence-corrected chi connectivity index (χ3v) is 3.59. The minimum atomic E-state index is -0.508. The first-order valence-electron chi connectivity index (χ1n) is 5.42. The Morgan fingerprint density at radius 1 is 1.21 bits per heavy atom. The van der Waals surface area contributed by atoms with Crippen molar-refractivity contribution >= 4 is 17.4 Å². The summed E-state index contributed by atoms with van der Waals surface area (Å²) in [6, 6.07) is 10.2. The van der Waals surface area contributed by atoms with Crippen LogP contribution in [0.4, 0.5) is 10.1 Å². The van der Waals surface area contributed by atoms with Crippen molar-refractivity contribution in [1.82, 2.24) is 0 Å². The van der Waals surface area contributed by atoms with E-state index in [4.69, 9.17) is 0 Å². The van der Waals surface area contributed by atoms with Gasteiger partial charge in [0.2, 0.25) is 0 Å². The highest BCUT2D eigenvalue weighted by Gasteiger charge is 2.11. The molecule has 2 aromatic carbocycles. The number of non-ortho nitro benzene ring substituents is 1. The van der Waals surface area contributed by atoms with Crippen LogP contribution in [-0.4, -0.2) is 10.0 Å². The fourth-order valence-electron chi connectivity index (χ4n) is 1.53. The van der Waals surface area contributed by atoms with Gasteiger partial charge in [-0.05, 0) is 35.9 Å². The van der Waals surface area contributed by atoms with E-state index >= 15 is 0 Å². The van der Waals surface area contributed by atoms with Crippen LogP contribution >= 0.6 is 11.8 Å². The normalized spacial score (nSPS) is 10.4. The zero-order chi connectivity index (χ0) is 13.8. The standard InChI is InChI=1S/C13H10FNO3S/c14-10-1-4-12(5-2-10)19-13-6-3-11(15(17)18)7-9(13)8-16/h1-7,16H,8H2. The SMILES string of the molecule is O=[N+]([O-])c1ccc(Sc2ccc(F)cc2)c(CO)c1. The van der Waals surface area contributed by atoms with Gasteiger partial charge in [0.1, 0.15) is 5.82 Å². The summed E-state index contributed by atoms with van der Waals surface area (Å²) in [7, 11) is 0. The van der Waals surface area contributed by atoms with Gasteiger partial charge in [-0.1, -0.05) is 11.8 Å². The number of hydrogen-bond donors (Lipinski definition) is 1. The van der Waals surface area contributed by atoms with E-state index in [1.54, 1.807) is 18.2 Å². The molecule has 0 aromatic heterocycles. The lowest BCUT2D eigenvalue weighted by Crippen LogP contribution is -1.93. The maximum Gasteiger partial charge on any atom is 0.269 e. The fraction of sp³-hybridized carbons (Fsp3) is 0.0769. The van der Waals surface area contributed by atoms with E-state index in [1.165, 1.54) is 36.0 Å². The summed E-state index contributed by atoms with van der Waals surface area (Å²) in [6.45, 7) is -0.286. The summed E-state index contributed by atoms with van der Waals surface area (Å²) in [4.78, 5) is 11.6. The fourth-order valence-corrected chi connectivity index (χ4v) is 2.45. The molecule has 0 spiro atoms. The smallest absolute Gasteiger partial charge is 0.269 e. The predicted molar refractivity (Wildman–Crippen MR) is 69.5 cm³/mol. The van der Waals surface area contributed by atoms with Crippen LogP contribution in [-0.2, 0) is 6.61 Å². The minimum absolute atomic E-state index is 0.0625. The molecule has 0 unspecified atom stereocenters. The molecule has 2 aromatic rings. The maximum atomic E-state index is 12.8. The lowest BCUT2D eigenvalue weighted by molar-refractivity contribution is -0.385. The topological polar surface area (TPSA) is 63.4 Å². The number of aliphatic hydroxyl groups is 1. The minimum Gasteiger partial charge on any atom is -0.392 e. The van der Waals surface area contributed by atoms with Gasteiger partial charge in [0.25, 0.3) is 5.69 Å². The van der Waals surface area contributed by atoms with Gasteiger partial charge >= 0.3 is 0 Å². The quantitative estimate of drug-likeness (QED) is 0.688. The van der Waals surface area contributed by atoms with E-state index in [0.717, 1.165) is 4.90 Å². The largest absolute Gasteiger partial charge is 0.392 e. The Kier molecular flexibility index (Phi) is 4.13. The molecular weight excluding hydrogens is 269 g/mol. The summed E-state index contributed by atoms with van der Waals surface area (Å²) < 4.78 is 12.8. The second-order valence-corrected chi connectivity index (χ2v) is 4.88. The van der Waals surface area contributed by atoms with Gasteiger partial charge in [-0.3, -0.25) is 10.1 Å². The van der Waals surface area contributed by atoms with E-state index in [0.29, 0.717) is 10.5 Å². The molecule has 0 saturated heterocycles. The van der Waals surface area contributed by atoms with Crippen molar-refractivity contribution in [3.63, 3.8) is 0 Å². The Labute approximate surface area is 113 Å².